The summed E-state index contributed by atoms with van der Waals surface area (Å²) in [6, 6.07) is 0.0198. The van der Waals surface area contributed by atoms with Crippen LogP contribution < -0.4 is 5.73 Å². The summed E-state index contributed by atoms with van der Waals surface area (Å²) in [5.74, 6) is 0. The van der Waals surface area contributed by atoms with E-state index in [2.05, 4.69) is 10.1 Å². The van der Waals surface area contributed by atoms with Crippen molar-refractivity contribution in [1.29, 1.82) is 0 Å². The number of thiazole rings is 1. The van der Waals surface area contributed by atoms with Crippen molar-refractivity contribution in [1.82, 2.24) is 14.8 Å². The van der Waals surface area contributed by atoms with Gasteiger partial charge in [-0.25, -0.2) is 4.98 Å². The molecule has 1 atom stereocenters. The van der Waals surface area contributed by atoms with E-state index in [1.165, 1.54) is 0 Å². The molecule has 15 heavy (non-hydrogen) atoms. The Morgan fingerprint density at radius 1 is 1.53 bits per heavy atom. The summed E-state index contributed by atoms with van der Waals surface area (Å²) in [6.45, 7) is 3.98. The number of hydrogen-bond donors (Lipinski definition) is 1. The molecule has 0 bridgehead atoms. The number of aromatic nitrogens is 3. The highest BCUT2D eigenvalue weighted by atomic mass is 32.1. The highest BCUT2D eigenvalue weighted by molar-refractivity contribution is 7.12. The van der Waals surface area contributed by atoms with Crippen LogP contribution in [0.25, 0.3) is 11.3 Å². The summed E-state index contributed by atoms with van der Waals surface area (Å²) in [6.07, 6.45) is 3.78. The quantitative estimate of drug-likeness (QED) is 0.844. The Morgan fingerprint density at radius 2 is 2.27 bits per heavy atom. The van der Waals surface area contributed by atoms with Gasteiger partial charge >= 0.3 is 0 Å². The highest BCUT2D eigenvalue weighted by Gasteiger charge is 2.15. The van der Waals surface area contributed by atoms with E-state index >= 15 is 0 Å². The van der Waals surface area contributed by atoms with Gasteiger partial charge in [0.1, 0.15) is 0 Å². The molecule has 0 aliphatic rings. The molecule has 0 radical (unpaired) electrons. The van der Waals surface area contributed by atoms with Crippen LogP contribution in [0.4, 0.5) is 0 Å². The molecule has 2 N–H and O–H groups in total. The van der Waals surface area contributed by atoms with Gasteiger partial charge in [0.2, 0.25) is 0 Å². The first kappa shape index (κ1) is 10.3. The van der Waals surface area contributed by atoms with Gasteiger partial charge in [-0.1, -0.05) is 0 Å². The maximum absolute atomic E-state index is 5.92. The lowest BCUT2D eigenvalue weighted by Crippen LogP contribution is -2.03. The van der Waals surface area contributed by atoms with Crippen LogP contribution in [0.3, 0.4) is 0 Å². The maximum atomic E-state index is 5.92. The molecule has 80 valence electrons. The number of rotatable bonds is 2. The molecular formula is C10H14N4S. The first-order valence-electron chi connectivity index (χ1n) is 4.80. The van der Waals surface area contributed by atoms with E-state index in [1.807, 2.05) is 33.3 Å². The average molecular weight is 222 g/mol. The SMILES string of the molecule is Cc1nc(-c2cnn(C)c2)c(C(C)N)s1. The second-order valence-corrected chi connectivity index (χ2v) is 4.87. The lowest BCUT2D eigenvalue weighted by molar-refractivity contribution is 0.768. The molecule has 2 aromatic heterocycles. The topological polar surface area (TPSA) is 56.7 Å². The average Bonchev–Trinajstić information content (AvgIpc) is 2.71. The normalized spacial score (nSPS) is 13.1. The summed E-state index contributed by atoms with van der Waals surface area (Å²) >= 11 is 1.65. The fraction of sp³-hybridized carbons (Fsp3) is 0.400. The van der Waals surface area contributed by atoms with Crippen LogP contribution in [0.1, 0.15) is 22.9 Å². The Kier molecular flexibility index (Phi) is 2.58. The molecule has 0 aliphatic heterocycles. The van der Waals surface area contributed by atoms with Gasteiger partial charge in [-0.05, 0) is 13.8 Å². The van der Waals surface area contributed by atoms with Gasteiger partial charge < -0.3 is 5.73 Å². The van der Waals surface area contributed by atoms with Crippen LogP contribution in [-0.2, 0) is 7.05 Å². The summed E-state index contributed by atoms with van der Waals surface area (Å²) in [4.78, 5) is 5.63. The minimum Gasteiger partial charge on any atom is -0.323 e. The van der Waals surface area contributed by atoms with Crippen LogP contribution in [-0.4, -0.2) is 14.8 Å². The third-order valence-corrected chi connectivity index (χ3v) is 3.32. The molecule has 5 heteroatoms. The van der Waals surface area contributed by atoms with Gasteiger partial charge in [-0.15, -0.1) is 11.3 Å². The number of nitrogens with zero attached hydrogens (tertiary/aromatic N) is 3. The zero-order valence-corrected chi connectivity index (χ0v) is 9.88. The predicted molar refractivity (Wildman–Crippen MR) is 61.7 cm³/mol. The largest absolute Gasteiger partial charge is 0.323 e. The van der Waals surface area contributed by atoms with Crippen LogP contribution in [0.5, 0.6) is 0 Å². The zero-order valence-electron chi connectivity index (χ0n) is 9.06. The predicted octanol–water partition coefficient (Wildman–Crippen LogP) is 1.87. The summed E-state index contributed by atoms with van der Waals surface area (Å²) in [5.41, 5.74) is 7.92. The Bertz CT molecular complexity index is 469. The van der Waals surface area contributed by atoms with Crippen molar-refractivity contribution in [3.8, 4) is 11.3 Å². The van der Waals surface area contributed by atoms with Crippen molar-refractivity contribution in [2.24, 2.45) is 12.8 Å². The van der Waals surface area contributed by atoms with E-state index in [4.69, 9.17) is 5.73 Å². The Morgan fingerprint density at radius 3 is 2.80 bits per heavy atom. The molecule has 2 rings (SSSR count). The van der Waals surface area contributed by atoms with Gasteiger partial charge in [0.25, 0.3) is 0 Å². The third kappa shape index (κ3) is 1.93. The van der Waals surface area contributed by atoms with Crippen LogP contribution in [0.15, 0.2) is 12.4 Å². The fourth-order valence-electron chi connectivity index (χ4n) is 1.50. The van der Waals surface area contributed by atoms with Crippen LogP contribution in [0, 0.1) is 6.92 Å². The number of nitrogens with two attached hydrogens (primary N) is 1. The minimum atomic E-state index is 0.0198. The molecular weight excluding hydrogens is 208 g/mol. The summed E-state index contributed by atoms with van der Waals surface area (Å²) in [5, 5.41) is 5.19. The van der Waals surface area contributed by atoms with Crippen molar-refractivity contribution in [3.63, 3.8) is 0 Å². The van der Waals surface area contributed by atoms with Gasteiger partial charge in [0.05, 0.1) is 16.9 Å². The highest BCUT2D eigenvalue weighted by Crippen LogP contribution is 2.31. The van der Waals surface area contributed by atoms with Gasteiger partial charge in [0, 0.05) is 29.7 Å². The summed E-state index contributed by atoms with van der Waals surface area (Å²) < 4.78 is 1.77. The number of aryl methyl sites for hydroxylation is 2. The van der Waals surface area contributed by atoms with Crippen molar-refractivity contribution in [3.05, 3.63) is 22.3 Å². The van der Waals surface area contributed by atoms with E-state index in [1.54, 1.807) is 16.0 Å². The molecule has 0 spiro atoms. The van der Waals surface area contributed by atoms with E-state index in [-0.39, 0.29) is 6.04 Å². The molecule has 0 aromatic carbocycles. The molecule has 0 saturated carbocycles. The van der Waals surface area contributed by atoms with Crippen molar-refractivity contribution in [2.75, 3.05) is 0 Å². The van der Waals surface area contributed by atoms with Crippen molar-refractivity contribution in [2.45, 2.75) is 19.9 Å². The monoisotopic (exact) mass is 222 g/mol. The Balaban J connectivity index is 2.52. The van der Waals surface area contributed by atoms with Crippen molar-refractivity contribution >= 4 is 11.3 Å². The number of hydrogen-bond acceptors (Lipinski definition) is 4. The van der Waals surface area contributed by atoms with E-state index in [9.17, 15) is 0 Å². The van der Waals surface area contributed by atoms with E-state index in [0.29, 0.717) is 0 Å². The smallest absolute Gasteiger partial charge is 0.0905 e. The van der Waals surface area contributed by atoms with Crippen LogP contribution in [0.2, 0.25) is 0 Å². The first-order chi connectivity index (χ1) is 7.08. The molecule has 0 fully saturated rings. The third-order valence-electron chi connectivity index (χ3n) is 2.15. The lowest BCUT2D eigenvalue weighted by atomic mass is 10.2. The van der Waals surface area contributed by atoms with E-state index < -0.39 is 0 Å². The second kappa shape index (κ2) is 3.75. The van der Waals surface area contributed by atoms with E-state index in [0.717, 1.165) is 21.1 Å². The fourth-order valence-corrected chi connectivity index (χ4v) is 2.40. The molecule has 4 nitrogen and oxygen atoms in total. The molecule has 1 unspecified atom stereocenters. The Labute approximate surface area is 92.8 Å². The molecule has 0 saturated heterocycles. The summed E-state index contributed by atoms with van der Waals surface area (Å²) in [7, 11) is 1.90. The van der Waals surface area contributed by atoms with Gasteiger partial charge in [-0.2, -0.15) is 5.10 Å². The standard InChI is InChI=1S/C10H14N4S/c1-6(11)10-9(13-7(2)15-10)8-4-12-14(3)5-8/h4-6H,11H2,1-3H3. The lowest BCUT2D eigenvalue weighted by Gasteiger charge is -2.02. The first-order valence-corrected chi connectivity index (χ1v) is 5.61. The molecule has 2 aromatic rings. The van der Waals surface area contributed by atoms with Gasteiger partial charge in [-0.3, -0.25) is 4.68 Å². The minimum absolute atomic E-state index is 0.0198. The maximum Gasteiger partial charge on any atom is 0.0905 e. The van der Waals surface area contributed by atoms with Crippen molar-refractivity contribution < 1.29 is 0 Å². The zero-order chi connectivity index (χ0) is 11.0. The Hall–Kier alpha value is -1.20. The molecule has 2 heterocycles. The molecule has 0 aliphatic carbocycles. The second-order valence-electron chi connectivity index (χ2n) is 3.64. The molecule has 0 amide bonds. The van der Waals surface area contributed by atoms with Gasteiger partial charge in [0.15, 0.2) is 0 Å². The van der Waals surface area contributed by atoms with Crippen LogP contribution >= 0.6 is 11.3 Å².